The first-order chi connectivity index (χ1) is 17.4. The molecular formula is C27H25ClN6O2. The number of fused-ring (bicyclic) bond motifs is 2. The van der Waals surface area contributed by atoms with E-state index in [0.717, 1.165) is 44.9 Å². The Morgan fingerprint density at radius 1 is 1.19 bits per heavy atom. The molecule has 0 atom stereocenters. The lowest BCUT2D eigenvalue weighted by molar-refractivity contribution is 0.112. The fourth-order valence-corrected chi connectivity index (χ4v) is 4.54. The van der Waals surface area contributed by atoms with E-state index >= 15 is 0 Å². The van der Waals surface area contributed by atoms with Gasteiger partial charge in [-0.3, -0.25) is 10.6 Å². The van der Waals surface area contributed by atoms with Crippen LogP contribution in [-0.2, 0) is 13.5 Å². The van der Waals surface area contributed by atoms with E-state index in [4.69, 9.17) is 27.9 Å². The molecule has 182 valence electrons. The second kappa shape index (κ2) is 9.77. The highest BCUT2D eigenvalue weighted by Crippen LogP contribution is 2.34. The van der Waals surface area contributed by atoms with Crippen LogP contribution in [0, 0.1) is 0 Å². The summed E-state index contributed by atoms with van der Waals surface area (Å²) >= 11 is 6.64. The first-order valence-electron chi connectivity index (χ1n) is 11.4. The van der Waals surface area contributed by atoms with Crippen LogP contribution in [0.1, 0.15) is 22.3 Å². The molecule has 0 unspecified atom stereocenters. The molecular weight excluding hydrogens is 476 g/mol. The van der Waals surface area contributed by atoms with Gasteiger partial charge in [-0.2, -0.15) is 4.98 Å². The number of aromatic amines is 1. The monoisotopic (exact) mass is 500 g/mol. The quantitative estimate of drug-likeness (QED) is 0.132. The van der Waals surface area contributed by atoms with Gasteiger partial charge in [0.05, 0.1) is 16.1 Å². The summed E-state index contributed by atoms with van der Waals surface area (Å²) in [4.78, 5) is 19.4. The van der Waals surface area contributed by atoms with Crippen molar-refractivity contribution in [3.63, 3.8) is 0 Å². The third-order valence-corrected chi connectivity index (χ3v) is 6.47. The summed E-state index contributed by atoms with van der Waals surface area (Å²) in [6.07, 6.45) is 5.52. The molecule has 0 aliphatic carbocycles. The Morgan fingerprint density at radius 3 is 2.86 bits per heavy atom. The van der Waals surface area contributed by atoms with Crippen molar-refractivity contribution >= 4 is 39.8 Å². The van der Waals surface area contributed by atoms with E-state index in [2.05, 4.69) is 44.2 Å². The smallest absolute Gasteiger partial charge is 0.300 e. The van der Waals surface area contributed by atoms with Gasteiger partial charge in [-0.15, -0.1) is 0 Å². The number of halogens is 1. The minimum atomic E-state index is 0.308. The Labute approximate surface area is 212 Å². The molecule has 2 aromatic heterocycles. The molecule has 0 aliphatic heterocycles. The number of hydrogen-bond donors (Lipinski definition) is 4. The number of benzene rings is 3. The van der Waals surface area contributed by atoms with Gasteiger partial charge >= 0.3 is 0 Å². The van der Waals surface area contributed by atoms with Crippen LogP contribution in [-0.4, -0.2) is 20.8 Å². The molecule has 3 aromatic carbocycles. The van der Waals surface area contributed by atoms with Gasteiger partial charge in [0.15, 0.2) is 0 Å². The molecule has 0 aliphatic rings. The third kappa shape index (κ3) is 4.64. The van der Waals surface area contributed by atoms with Crippen LogP contribution in [0.15, 0.2) is 72.7 Å². The number of imidazole rings is 1. The number of nitrogens with zero attached hydrogens (tertiary/aromatic N) is 2. The number of aromatic nitrogens is 3. The molecule has 9 heteroatoms. The van der Waals surface area contributed by atoms with Crippen LogP contribution < -0.4 is 21.7 Å². The average molecular weight is 501 g/mol. The van der Waals surface area contributed by atoms with Gasteiger partial charge in [-0.1, -0.05) is 23.7 Å². The summed E-state index contributed by atoms with van der Waals surface area (Å²) in [7, 11) is 2.02. The number of hydrogen-bond acceptors (Lipinski definition) is 6. The van der Waals surface area contributed by atoms with E-state index in [1.165, 1.54) is 6.20 Å². The normalized spacial score (nSPS) is 11.8. The van der Waals surface area contributed by atoms with Crippen LogP contribution in [0.4, 0.5) is 0 Å². The predicted molar refractivity (Wildman–Crippen MR) is 143 cm³/mol. The Kier molecular flexibility index (Phi) is 6.37. The van der Waals surface area contributed by atoms with Crippen molar-refractivity contribution in [2.75, 3.05) is 0 Å². The minimum Gasteiger partial charge on any atom is -0.426 e. The number of H-pyrrole nitrogens is 1. The Morgan fingerprint density at radius 2 is 2.06 bits per heavy atom. The van der Waals surface area contributed by atoms with Crippen molar-refractivity contribution in [2.24, 2.45) is 18.6 Å². The molecule has 6 N–H and O–H groups in total. The van der Waals surface area contributed by atoms with Crippen LogP contribution in [0.3, 0.4) is 0 Å². The molecule has 0 saturated carbocycles. The van der Waals surface area contributed by atoms with Crippen molar-refractivity contribution in [1.82, 2.24) is 20.0 Å². The van der Waals surface area contributed by atoms with Crippen molar-refractivity contribution in [3.8, 4) is 22.9 Å². The maximum Gasteiger partial charge on any atom is 0.300 e. The molecule has 2 heterocycles. The van der Waals surface area contributed by atoms with E-state index in [-0.39, 0.29) is 0 Å². The zero-order valence-electron chi connectivity index (χ0n) is 19.6. The van der Waals surface area contributed by atoms with E-state index in [0.29, 0.717) is 40.9 Å². The lowest BCUT2D eigenvalue weighted by Gasteiger charge is -2.08. The highest BCUT2D eigenvalue weighted by Gasteiger charge is 2.13. The van der Waals surface area contributed by atoms with Gasteiger partial charge in [0.2, 0.25) is 0 Å². The van der Waals surface area contributed by atoms with E-state index in [1.807, 2.05) is 31.4 Å². The molecule has 0 radical (unpaired) electrons. The number of hydrazine groups is 1. The number of allylic oxidation sites excluding steroid dienone is 1. The van der Waals surface area contributed by atoms with Crippen LogP contribution in [0.2, 0.25) is 5.02 Å². The van der Waals surface area contributed by atoms with Gasteiger partial charge in [0, 0.05) is 47.2 Å². The number of aldehydes is 1. The Hall–Kier alpha value is -4.27. The van der Waals surface area contributed by atoms with Crippen molar-refractivity contribution in [3.05, 3.63) is 88.8 Å². The second-order valence-corrected chi connectivity index (χ2v) is 8.97. The minimum absolute atomic E-state index is 0.308. The fraction of sp³-hybridized carbons (Fsp3) is 0.111. The summed E-state index contributed by atoms with van der Waals surface area (Å²) < 4.78 is 8.02. The summed E-state index contributed by atoms with van der Waals surface area (Å²) in [6, 6.07) is 17.7. The summed E-state index contributed by atoms with van der Waals surface area (Å²) in [5.41, 5.74) is 14.8. The first kappa shape index (κ1) is 23.5. The lowest BCUT2D eigenvalue weighted by atomic mass is 10.0. The topological polar surface area (TPSA) is 124 Å². The molecule has 0 bridgehead atoms. The predicted octanol–water partition coefficient (Wildman–Crippen LogP) is 5.18. The highest BCUT2D eigenvalue weighted by molar-refractivity contribution is 6.34. The largest absolute Gasteiger partial charge is 0.426 e. The zero-order chi connectivity index (χ0) is 25.2. The fourth-order valence-electron chi connectivity index (χ4n) is 4.27. The number of aryl methyl sites for hydroxylation is 2. The van der Waals surface area contributed by atoms with Gasteiger partial charge in [0.25, 0.3) is 6.01 Å². The number of carbonyl (C=O) groups excluding carboxylic acids is 1. The molecule has 0 fully saturated rings. The van der Waals surface area contributed by atoms with Gasteiger partial charge < -0.3 is 25.4 Å². The highest BCUT2D eigenvalue weighted by atomic mass is 35.5. The van der Waals surface area contributed by atoms with E-state index in [9.17, 15) is 4.79 Å². The van der Waals surface area contributed by atoms with Crippen LogP contribution in [0.25, 0.3) is 33.1 Å². The molecule has 5 aromatic rings. The molecule has 36 heavy (non-hydrogen) atoms. The molecule has 8 nitrogen and oxygen atoms in total. The first-order valence-corrected chi connectivity index (χ1v) is 11.7. The van der Waals surface area contributed by atoms with Crippen LogP contribution >= 0.6 is 11.6 Å². The maximum absolute atomic E-state index is 11.7. The van der Waals surface area contributed by atoms with Crippen LogP contribution in [0.5, 0.6) is 11.8 Å². The average Bonchev–Trinajstić information content (AvgIpc) is 3.44. The van der Waals surface area contributed by atoms with Gasteiger partial charge in [0.1, 0.15) is 12.0 Å². The number of rotatable bonds is 8. The van der Waals surface area contributed by atoms with Crippen molar-refractivity contribution < 1.29 is 9.53 Å². The SMILES string of the molecule is Cn1ccc2cc(-c3cc4nc(Oc5ccc(CC/C(N)=C/NN)c(C=O)c5)[nH]c4cc3Cl)ccc21. The Bertz CT molecular complexity index is 1620. The number of nitrogens with one attached hydrogen (secondary N) is 2. The third-order valence-electron chi connectivity index (χ3n) is 6.16. The number of carbonyl (C=O) groups is 1. The molecule has 0 amide bonds. The summed E-state index contributed by atoms with van der Waals surface area (Å²) in [5.74, 6) is 5.74. The number of ether oxygens (including phenoxy) is 1. The van der Waals surface area contributed by atoms with E-state index < -0.39 is 0 Å². The summed E-state index contributed by atoms with van der Waals surface area (Å²) in [6.45, 7) is 0. The standard InChI is InChI=1S/C27H25ClN6O2/c1-34-9-8-18-10-17(4-7-26(18)34)22-12-24-25(13-23(22)28)33-27(32-24)36-21-6-3-16(19(11-21)15-35)2-5-20(29)14-31-30/h3-4,6-15,31H,2,5,29-30H2,1H3,(H,32,33)/b20-14-. The maximum atomic E-state index is 11.7. The van der Waals surface area contributed by atoms with Crippen molar-refractivity contribution in [1.29, 1.82) is 0 Å². The van der Waals surface area contributed by atoms with Crippen molar-refractivity contribution in [2.45, 2.75) is 12.8 Å². The van der Waals surface area contributed by atoms with E-state index in [1.54, 1.807) is 12.1 Å². The molecule has 0 spiro atoms. The summed E-state index contributed by atoms with van der Waals surface area (Å²) in [5, 5.41) is 1.75. The second-order valence-electron chi connectivity index (χ2n) is 8.56. The molecule has 5 rings (SSSR count). The van der Waals surface area contributed by atoms with Gasteiger partial charge in [-0.05, 0) is 66.4 Å². The Balaban J connectivity index is 1.40. The van der Waals surface area contributed by atoms with Gasteiger partial charge in [-0.25, -0.2) is 0 Å². The molecule has 0 saturated heterocycles. The number of nitrogens with two attached hydrogens (primary N) is 2. The lowest BCUT2D eigenvalue weighted by Crippen LogP contribution is -2.16. The zero-order valence-corrected chi connectivity index (χ0v) is 20.3.